The smallest absolute Gasteiger partial charge is 0.153 e. The average molecular weight is 210 g/mol. The zero-order chi connectivity index (χ0) is 10.4. The minimum atomic E-state index is -0.758. The molecule has 1 atom stereocenters. The number of aliphatic hydroxyl groups is 2. The number of hydrogen-bond donors (Lipinski definition) is 2. The number of rotatable bonds is 4. The van der Waals surface area contributed by atoms with E-state index in [1.165, 1.54) is 11.8 Å². The number of pyridine rings is 1. The summed E-state index contributed by atoms with van der Waals surface area (Å²) < 4.78 is 0. The van der Waals surface area contributed by atoms with E-state index in [2.05, 4.69) is 4.98 Å². The molecule has 4 nitrogen and oxygen atoms in total. The molecule has 0 fully saturated rings. The van der Waals surface area contributed by atoms with Crippen molar-refractivity contribution in [3.8, 4) is 6.07 Å². The molecule has 5 heteroatoms. The van der Waals surface area contributed by atoms with E-state index >= 15 is 0 Å². The Hall–Kier alpha value is -1.09. The summed E-state index contributed by atoms with van der Waals surface area (Å²) in [6.45, 7) is -0.269. The van der Waals surface area contributed by atoms with Crippen molar-refractivity contribution in [3.05, 3.63) is 24.0 Å². The van der Waals surface area contributed by atoms with Crippen molar-refractivity contribution in [1.82, 2.24) is 4.98 Å². The summed E-state index contributed by atoms with van der Waals surface area (Å²) >= 11 is 1.31. The lowest BCUT2D eigenvalue weighted by molar-refractivity contribution is 0.113. The Kier molecular flexibility index (Phi) is 4.40. The van der Waals surface area contributed by atoms with E-state index in [1.54, 1.807) is 18.3 Å². The maximum Gasteiger partial charge on any atom is 0.153 e. The van der Waals surface area contributed by atoms with Gasteiger partial charge in [-0.05, 0) is 12.1 Å². The lowest BCUT2D eigenvalue weighted by Crippen LogP contribution is -2.14. The Morgan fingerprint density at radius 2 is 2.43 bits per heavy atom. The van der Waals surface area contributed by atoms with Gasteiger partial charge in [-0.1, -0.05) is 0 Å². The minimum absolute atomic E-state index is 0.269. The van der Waals surface area contributed by atoms with Gasteiger partial charge in [-0.2, -0.15) is 5.26 Å². The van der Waals surface area contributed by atoms with Crippen LogP contribution in [0.1, 0.15) is 5.69 Å². The zero-order valence-corrected chi connectivity index (χ0v) is 8.24. The van der Waals surface area contributed by atoms with Crippen LogP contribution in [0.25, 0.3) is 0 Å². The molecule has 0 aromatic carbocycles. The van der Waals surface area contributed by atoms with Crippen LogP contribution in [0.2, 0.25) is 0 Å². The minimum Gasteiger partial charge on any atom is -0.394 e. The standard InChI is InChI=1S/C9H10N2O2S/c10-4-8-9(2-1-3-11-8)14-6-7(13)5-12/h1-3,7,12-13H,5-6H2. The van der Waals surface area contributed by atoms with E-state index in [-0.39, 0.29) is 6.61 Å². The van der Waals surface area contributed by atoms with Gasteiger partial charge >= 0.3 is 0 Å². The maximum atomic E-state index is 9.11. The SMILES string of the molecule is N#Cc1ncccc1SCC(O)CO. The zero-order valence-electron chi connectivity index (χ0n) is 7.42. The van der Waals surface area contributed by atoms with Crippen molar-refractivity contribution in [2.75, 3.05) is 12.4 Å². The van der Waals surface area contributed by atoms with Gasteiger partial charge < -0.3 is 10.2 Å². The summed E-state index contributed by atoms with van der Waals surface area (Å²) in [6.07, 6.45) is 0.789. The van der Waals surface area contributed by atoms with Crippen molar-refractivity contribution >= 4 is 11.8 Å². The van der Waals surface area contributed by atoms with Crippen LogP contribution in [0.4, 0.5) is 0 Å². The van der Waals surface area contributed by atoms with Gasteiger partial charge in [-0.15, -0.1) is 11.8 Å². The van der Waals surface area contributed by atoms with Crippen molar-refractivity contribution in [3.63, 3.8) is 0 Å². The molecular weight excluding hydrogens is 200 g/mol. The van der Waals surface area contributed by atoms with Gasteiger partial charge in [0.2, 0.25) is 0 Å². The first-order chi connectivity index (χ1) is 6.77. The molecule has 1 heterocycles. The predicted molar refractivity (Wildman–Crippen MR) is 52.8 cm³/mol. The molecule has 1 rings (SSSR count). The first-order valence-electron chi connectivity index (χ1n) is 4.04. The Morgan fingerprint density at radius 3 is 3.07 bits per heavy atom. The van der Waals surface area contributed by atoms with Crippen molar-refractivity contribution in [2.24, 2.45) is 0 Å². The van der Waals surface area contributed by atoms with Crippen molar-refractivity contribution in [2.45, 2.75) is 11.0 Å². The number of nitrogens with zero attached hydrogens (tertiary/aromatic N) is 2. The fourth-order valence-electron chi connectivity index (χ4n) is 0.830. The van der Waals surface area contributed by atoms with E-state index in [9.17, 15) is 0 Å². The molecule has 0 bridgehead atoms. The number of hydrogen-bond acceptors (Lipinski definition) is 5. The highest BCUT2D eigenvalue weighted by Crippen LogP contribution is 2.20. The Morgan fingerprint density at radius 1 is 1.64 bits per heavy atom. The molecule has 0 amide bonds. The molecular formula is C9H10N2O2S. The van der Waals surface area contributed by atoms with Gasteiger partial charge in [0.15, 0.2) is 5.69 Å². The second-order valence-corrected chi connectivity index (χ2v) is 3.67. The fourth-order valence-corrected chi connectivity index (χ4v) is 1.72. The van der Waals surface area contributed by atoms with E-state index in [0.717, 1.165) is 4.90 Å². The molecule has 1 unspecified atom stereocenters. The van der Waals surface area contributed by atoms with Gasteiger partial charge in [0, 0.05) is 16.8 Å². The number of thioether (sulfide) groups is 1. The molecule has 0 aliphatic carbocycles. The Bertz CT molecular complexity index is 338. The van der Waals surface area contributed by atoms with E-state index in [0.29, 0.717) is 11.4 Å². The summed E-state index contributed by atoms with van der Waals surface area (Å²) in [6, 6.07) is 5.46. The third-order valence-corrected chi connectivity index (χ3v) is 2.71. The lowest BCUT2D eigenvalue weighted by Gasteiger charge is -2.06. The van der Waals surface area contributed by atoms with Gasteiger partial charge in [0.1, 0.15) is 6.07 Å². The van der Waals surface area contributed by atoms with E-state index < -0.39 is 6.10 Å². The largest absolute Gasteiger partial charge is 0.394 e. The molecule has 0 saturated carbocycles. The van der Waals surface area contributed by atoms with E-state index in [1.807, 2.05) is 6.07 Å². The van der Waals surface area contributed by atoms with Gasteiger partial charge in [0.25, 0.3) is 0 Å². The van der Waals surface area contributed by atoms with Crippen LogP contribution in [-0.4, -0.2) is 33.7 Å². The maximum absolute atomic E-state index is 9.11. The van der Waals surface area contributed by atoms with Gasteiger partial charge in [-0.25, -0.2) is 4.98 Å². The highest BCUT2D eigenvalue weighted by Gasteiger charge is 2.06. The molecule has 0 saturated heterocycles. The second-order valence-electron chi connectivity index (χ2n) is 2.61. The van der Waals surface area contributed by atoms with Crippen LogP contribution < -0.4 is 0 Å². The average Bonchev–Trinajstić information content (AvgIpc) is 2.26. The Balaban J connectivity index is 2.63. The van der Waals surface area contributed by atoms with Crippen LogP contribution in [0.5, 0.6) is 0 Å². The molecule has 2 N–H and O–H groups in total. The first-order valence-corrected chi connectivity index (χ1v) is 5.03. The molecule has 0 aliphatic heterocycles. The molecule has 74 valence electrons. The highest BCUT2D eigenvalue weighted by molar-refractivity contribution is 7.99. The third kappa shape index (κ3) is 3.00. The van der Waals surface area contributed by atoms with Crippen LogP contribution in [0.3, 0.4) is 0 Å². The molecule has 14 heavy (non-hydrogen) atoms. The highest BCUT2D eigenvalue weighted by atomic mass is 32.2. The van der Waals surface area contributed by atoms with Crippen LogP contribution in [0.15, 0.2) is 23.2 Å². The normalized spacial score (nSPS) is 12.1. The molecule has 0 spiro atoms. The van der Waals surface area contributed by atoms with Gasteiger partial charge in [-0.3, -0.25) is 0 Å². The summed E-state index contributed by atoms with van der Waals surface area (Å²) in [5.74, 6) is 0.358. The van der Waals surface area contributed by atoms with Gasteiger partial charge in [0.05, 0.1) is 12.7 Å². The number of aliphatic hydroxyl groups excluding tert-OH is 2. The monoisotopic (exact) mass is 210 g/mol. The van der Waals surface area contributed by atoms with Crippen molar-refractivity contribution < 1.29 is 10.2 Å². The molecule has 1 aromatic rings. The second kappa shape index (κ2) is 5.60. The molecule has 0 radical (unpaired) electrons. The quantitative estimate of drug-likeness (QED) is 0.703. The summed E-state index contributed by atoms with van der Waals surface area (Å²) in [5, 5.41) is 26.4. The summed E-state index contributed by atoms with van der Waals surface area (Å²) in [7, 11) is 0. The summed E-state index contributed by atoms with van der Waals surface area (Å²) in [5.41, 5.74) is 0.350. The van der Waals surface area contributed by atoms with Crippen LogP contribution >= 0.6 is 11.8 Å². The van der Waals surface area contributed by atoms with Crippen molar-refractivity contribution in [1.29, 1.82) is 5.26 Å². The topological polar surface area (TPSA) is 77.1 Å². The fraction of sp³-hybridized carbons (Fsp3) is 0.333. The van der Waals surface area contributed by atoms with Crippen LogP contribution in [0, 0.1) is 11.3 Å². The lowest BCUT2D eigenvalue weighted by atomic mass is 10.4. The van der Waals surface area contributed by atoms with E-state index in [4.69, 9.17) is 15.5 Å². The van der Waals surface area contributed by atoms with Crippen LogP contribution in [-0.2, 0) is 0 Å². The summed E-state index contributed by atoms with van der Waals surface area (Å²) in [4.78, 5) is 4.60. The molecule has 0 aliphatic rings. The number of aromatic nitrogens is 1. The number of nitriles is 1. The molecule has 1 aromatic heterocycles. The third-order valence-electron chi connectivity index (χ3n) is 1.52. The first kappa shape index (κ1) is 11.0. The Labute approximate surface area is 86.2 Å². The predicted octanol–water partition coefficient (Wildman–Crippen LogP) is 0.399.